The van der Waals surface area contributed by atoms with Crippen molar-refractivity contribution < 1.29 is 14.3 Å². The molecule has 7 nitrogen and oxygen atoms in total. The fraction of sp³-hybridized carbons (Fsp3) is 0.261. The predicted octanol–water partition coefficient (Wildman–Crippen LogP) is 3.42. The molecule has 160 valence electrons. The second-order valence-electron chi connectivity index (χ2n) is 7.15. The number of aromatic nitrogens is 2. The third-order valence-corrected chi connectivity index (χ3v) is 5.75. The van der Waals surface area contributed by atoms with Crippen LogP contribution >= 0.6 is 12.2 Å². The number of carbonyl (C=O) groups excluding carboxylic acids is 1. The molecular formula is C23H24N4O3S. The third kappa shape index (κ3) is 4.25. The summed E-state index contributed by atoms with van der Waals surface area (Å²) in [6.07, 6.45) is 4.03. The molecule has 1 aromatic carbocycles. The Morgan fingerprint density at radius 2 is 2.03 bits per heavy atom. The second kappa shape index (κ2) is 9.18. The van der Waals surface area contributed by atoms with Crippen molar-refractivity contribution in [2.75, 3.05) is 20.8 Å². The van der Waals surface area contributed by atoms with E-state index in [4.69, 9.17) is 21.7 Å². The minimum atomic E-state index is -0.272. The van der Waals surface area contributed by atoms with Crippen LogP contribution in [0.5, 0.6) is 5.75 Å². The van der Waals surface area contributed by atoms with Gasteiger partial charge in [0.15, 0.2) is 5.11 Å². The third-order valence-electron chi connectivity index (χ3n) is 5.40. The van der Waals surface area contributed by atoms with Gasteiger partial charge < -0.3 is 24.3 Å². The number of nitrogens with zero attached hydrogens (tertiary/aromatic N) is 3. The van der Waals surface area contributed by atoms with Gasteiger partial charge in [0.2, 0.25) is 0 Å². The Bertz CT molecular complexity index is 1070. The van der Waals surface area contributed by atoms with E-state index in [0.717, 1.165) is 22.8 Å². The van der Waals surface area contributed by atoms with Crippen LogP contribution in [0.25, 0.3) is 5.69 Å². The topological polar surface area (TPSA) is 68.6 Å². The van der Waals surface area contributed by atoms with Crippen molar-refractivity contribution in [2.45, 2.75) is 18.5 Å². The summed E-state index contributed by atoms with van der Waals surface area (Å²) in [7, 11) is 3.05. The number of hydrogen-bond acceptors (Lipinski definition) is 5. The Balaban J connectivity index is 1.76. The molecule has 31 heavy (non-hydrogen) atoms. The van der Waals surface area contributed by atoms with Crippen molar-refractivity contribution in [1.82, 2.24) is 19.8 Å². The summed E-state index contributed by atoms with van der Waals surface area (Å²) in [4.78, 5) is 18.4. The van der Waals surface area contributed by atoms with Gasteiger partial charge in [0.05, 0.1) is 38.4 Å². The normalized spacial score (nSPS) is 18.0. The zero-order chi connectivity index (χ0) is 21.8. The Kier molecular flexibility index (Phi) is 6.18. The molecule has 0 bridgehead atoms. The van der Waals surface area contributed by atoms with Crippen LogP contribution in [0.2, 0.25) is 0 Å². The maximum Gasteiger partial charge on any atom is 0.307 e. The highest BCUT2D eigenvalue weighted by atomic mass is 32.1. The average Bonchev–Trinajstić information content (AvgIpc) is 3.42. The lowest BCUT2D eigenvalue weighted by molar-refractivity contribution is -0.140. The lowest BCUT2D eigenvalue weighted by Crippen LogP contribution is -2.32. The fourth-order valence-electron chi connectivity index (χ4n) is 3.91. The van der Waals surface area contributed by atoms with E-state index in [-0.39, 0.29) is 24.5 Å². The van der Waals surface area contributed by atoms with E-state index in [9.17, 15) is 4.79 Å². The molecule has 0 radical (unpaired) electrons. The number of carbonyl (C=O) groups is 1. The summed E-state index contributed by atoms with van der Waals surface area (Å²) < 4.78 is 12.4. The first-order valence-electron chi connectivity index (χ1n) is 9.99. The van der Waals surface area contributed by atoms with Gasteiger partial charge in [-0.3, -0.25) is 9.78 Å². The van der Waals surface area contributed by atoms with E-state index in [1.54, 1.807) is 13.3 Å². The minimum Gasteiger partial charge on any atom is -0.497 e. The van der Waals surface area contributed by atoms with Gasteiger partial charge in [-0.2, -0.15) is 0 Å². The number of thiocarbonyl (C=S) groups is 1. The molecule has 0 saturated carbocycles. The Labute approximate surface area is 186 Å². The molecule has 2 atom stereocenters. The van der Waals surface area contributed by atoms with Crippen LogP contribution in [0, 0.1) is 0 Å². The highest BCUT2D eigenvalue weighted by Gasteiger charge is 2.41. The molecule has 8 heteroatoms. The van der Waals surface area contributed by atoms with Gasteiger partial charge in [-0.05, 0) is 48.6 Å². The maximum absolute atomic E-state index is 11.8. The van der Waals surface area contributed by atoms with Crippen LogP contribution in [0.4, 0.5) is 0 Å². The smallest absolute Gasteiger partial charge is 0.307 e. The molecule has 0 aliphatic carbocycles. The van der Waals surface area contributed by atoms with E-state index in [1.807, 2.05) is 59.6 Å². The quantitative estimate of drug-likeness (QED) is 0.450. The van der Waals surface area contributed by atoms with Gasteiger partial charge in [0, 0.05) is 36.4 Å². The van der Waals surface area contributed by atoms with Gasteiger partial charge in [-0.15, -0.1) is 0 Å². The SMILES string of the molecule is COC(=O)CCN1C(=S)N[C@@H](c2ccccn2)[C@@H]1c1cccn1-c1cccc(OC)c1. The molecule has 0 amide bonds. The van der Waals surface area contributed by atoms with Crippen LogP contribution < -0.4 is 10.1 Å². The zero-order valence-electron chi connectivity index (χ0n) is 17.4. The zero-order valence-corrected chi connectivity index (χ0v) is 18.2. The molecule has 3 heterocycles. The van der Waals surface area contributed by atoms with Crippen molar-refractivity contribution in [3.05, 3.63) is 78.4 Å². The van der Waals surface area contributed by atoms with E-state index in [2.05, 4.69) is 20.9 Å². The van der Waals surface area contributed by atoms with Gasteiger partial charge in [-0.25, -0.2) is 0 Å². The molecule has 2 aromatic heterocycles. The monoisotopic (exact) mass is 436 g/mol. The molecule has 4 rings (SSSR count). The Morgan fingerprint density at radius 3 is 2.77 bits per heavy atom. The largest absolute Gasteiger partial charge is 0.497 e. The van der Waals surface area contributed by atoms with Crippen molar-refractivity contribution in [3.8, 4) is 11.4 Å². The maximum atomic E-state index is 11.8. The van der Waals surface area contributed by atoms with Gasteiger partial charge in [0.1, 0.15) is 5.75 Å². The van der Waals surface area contributed by atoms with E-state index < -0.39 is 0 Å². The van der Waals surface area contributed by atoms with E-state index in [0.29, 0.717) is 11.7 Å². The van der Waals surface area contributed by atoms with Gasteiger partial charge in [0.25, 0.3) is 0 Å². The molecule has 1 aliphatic rings. The number of benzene rings is 1. The minimum absolute atomic E-state index is 0.159. The summed E-state index contributed by atoms with van der Waals surface area (Å²) in [6, 6.07) is 17.5. The number of rotatable bonds is 7. The number of ether oxygens (including phenoxy) is 2. The molecule has 0 spiro atoms. The van der Waals surface area contributed by atoms with Crippen LogP contribution in [0.3, 0.4) is 0 Å². The van der Waals surface area contributed by atoms with Crippen LogP contribution in [-0.2, 0) is 9.53 Å². The molecular weight excluding hydrogens is 412 g/mol. The molecule has 1 saturated heterocycles. The number of methoxy groups -OCH3 is 2. The second-order valence-corrected chi connectivity index (χ2v) is 7.54. The number of esters is 1. The highest BCUT2D eigenvalue weighted by molar-refractivity contribution is 7.80. The Hall–Kier alpha value is -3.39. The summed E-state index contributed by atoms with van der Waals surface area (Å²) in [5.41, 5.74) is 2.89. The van der Waals surface area contributed by atoms with Crippen LogP contribution in [-0.4, -0.2) is 46.3 Å². The molecule has 1 aliphatic heterocycles. The molecule has 1 N–H and O–H groups in total. The van der Waals surface area contributed by atoms with Crippen LogP contribution in [0.1, 0.15) is 29.9 Å². The van der Waals surface area contributed by atoms with Crippen molar-refractivity contribution in [2.24, 2.45) is 0 Å². The van der Waals surface area contributed by atoms with Gasteiger partial charge >= 0.3 is 5.97 Å². The average molecular weight is 437 g/mol. The lowest BCUT2D eigenvalue weighted by Gasteiger charge is -2.28. The van der Waals surface area contributed by atoms with E-state index in [1.165, 1.54) is 7.11 Å². The summed E-state index contributed by atoms with van der Waals surface area (Å²) >= 11 is 5.66. The molecule has 0 unspecified atom stereocenters. The summed E-state index contributed by atoms with van der Waals surface area (Å²) in [6.45, 7) is 0.440. The van der Waals surface area contributed by atoms with Crippen molar-refractivity contribution in [3.63, 3.8) is 0 Å². The number of hydrogen-bond donors (Lipinski definition) is 1. The summed E-state index contributed by atoms with van der Waals surface area (Å²) in [5.74, 6) is 0.507. The predicted molar refractivity (Wildman–Crippen MR) is 121 cm³/mol. The highest BCUT2D eigenvalue weighted by Crippen LogP contribution is 2.39. The van der Waals surface area contributed by atoms with Gasteiger partial charge in [-0.1, -0.05) is 12.1 Å². The Morgan fingerprint density at radius 1 is 1.16 bits per heavy atom. The number of pyridine rings is 1. The first-order valence-corrected chi connectivity index (χ1v) is 10.4. The fourth-order valence-corrected chi connectivity index (χ4v) is 4.24. The number of nitrogens with one attached hydrogen (secondary N) is 1. The van der Waals surface area contributed by atoms with Crippen LogP contribution in [0.15, 0.2) is 67.0 Å². The molecule has 1 fully saturated rings. The van der Waals surface area contributed by atoms with E-state index >= 15 is 0 Å². The first-order chi connectivity index (χ1) is 15.1. The summed E-state index contributed by atoms with van der Waals surface area (Å²) in [5, 5.41) is 3.99. The molecule has 3 aromatic rings. The van der Waals surface area contributed by atoms with Crippen molar-refractivity contribution in [1.29, 1.82) is 0 Å². The standard InChI is InChI=1S/C23H24N4O3S/c1-29-17-8-5-7-16(15-17)26-13-6-10-19(26)22-21(18-9-3-4-12-24-18)25-23(31)27(22)14-11-20(28)30-2/h3-10,12-13,15,21-22H,11,14H2,1-2H3,(H,25,31)/t21-,22-/m0/s1. The first kappa shape index (κ1) is 20.9. The van der Waals surface area contributed by atoms with Crippen molar-refractivity contribution >= 4 is 23.3 Å². The lowest BCUT2D eigenvalue weighted by atomic mass is 10.0.